The molecule has 0 saturated heterocycles. The van der Waals surface area contributed by atoms with E-state index in [9.17, 15) is 14.4 Å². The molecule has 18 heavy (non-hydrogen) atoms. The highest BCUT2D eigenvalue weighted by Gasteiger charge is 2.25. The summed E-state index contributed by atoms with van der Waals surface area (Å²) in [5.41, 5.74) is 0. The molecular weight excluding hydrogens is 236 g/mol. The number of aliphatic carboxylic acids is 1. The molecule has 1 aliphatic rings. The Bertz CT molecular complexity index is 361. The van der Waals surface area contributed by atoms with Gasteiger partial charge < -0.3 is 10.4 Å². The SMILES string of the molecule is CCC(CC1CC1)NC(=O)NC(=O)C=CC(=O)O. The summed E-state index contributed by atoms with van der Waals surface area (Å²) in [5, 5.41) is 13.1. The molecule has 3 N–H and O–H groups in total. The minimum atomic E-state index is -1.23. The molecule has 100 valence electrons. The van der Waals surface area contributed by atoms with Gasteiger partial charge in [0.2, 0.25) is 0 Å². The Balaban J connectivity index is 2.30. The number of carboxylic acid groups (broad SMARTS) is 1. The summed E-state index contributed by atoms with van der Waals surface area (Å²) < 4.78 is 0. The van der Waals surface area contributed by atoms with Gasteiger partial charge in [0.25, 0.3) is 5.91 Å². The highest BCUT2D eigenvalue weighted by atomic mass is 16.4. The van der Waals surface area contributed by atoms with Gasteiger partial charge >= 0.3 is 12.0 Å². The molecule has 6 heteroatoms. The lowest BCUT2D eigenvalue weighted by molar-refractivity contribution is -0.131. The van der Waals surface area contributed by atoms with Crippen LogP contribution in [0.4, 0.5) is 4.79 Å². The van der Waals surface area contributed by atoms with Crippen molar-refractivity contribution in [2.75, 3.05) is 0 Å². The van der Waals surface area contributed by atoms with Crippen molar-refractivity contribution in [1.82, 2.24) is 10.6 Å². The fourth-order valence-electron chi connectivity index (χ4n) is 1.61. The van der Waals surface area contributed by atoms with Gasteiger partial charge in [-0.1, -0.05) is 19.8 Å². The number of amides is 3. The number of hydrogen-bond donors (Lipinski definition) is 3. The van der Waals surface area contributed by atoms with Crippen LogP contribution in [-0.4, -0.2) is 29.1 Å². The van der Waals surface area contributed by atoms with Crippen molar-refractivity contribution < 1.29 is 19.5 Å². The Morgan fingerprint density at radius 2 is 2.00 bits per heavy atom. The Kier molecular flexibility index (Phi) is 5.35. The molecule has 1 unspecified atom stereocenters. The molecule has 0 aliphatic heterocycles. The Labute approximate surface area is 105 Å². The van der Waals surface area contributed by atoms with Crippen LogP contribution in [-0.2, 0) is 9.59 Å². The Hall–Kier alpha value is -1.85. The van der Waals surface area contributed by atoms with E-state index in [1.165, 1.54) is 12.8 Å². The van der Waals surface area contributed by atoms with Crippen molar-refractivity contribution in [3.8, 4) is 0 Å². The molecule has 0 radical (unpaired) electrons. The molecule has 0 spiro atoms. The van der Waals surface area contributed by atoms with Crippen LogP contribution in [0.15, 0.2) is 12.2 Å². The lowest BCUT2D eigenvalue weighted by atomic mass is 10.1. The zero-order valence-electron chi connectivity index (χ0n) is 10.3. The summed E-state index contributed by atoms with van der Waals surface area (Å²) in [5.74, 6) is -1.28. The van der Waals surface area contributed by atoms with Gasteiger partial charge in [0.05, 0.1) is 0 Å². The minimum Gasteiger partial charge on any atom is -0.478 e. The van der Waals surface area contributed by atoms with Crippen molar-refractivity contribution >= 4 is 17.9 Å². The monoisotopic (exact) mass is 254 g/mol. The standard InChI is InChI=1S/C12H18N2O4/c1-2-9(7-8-3-4-8)13-12(18)14-10(15)5-6-11(16)17/h5-6,8-9H,2-4,7H2,1H3,(H,16,17)(H2,13,14,15,18). The van der Waals surface area contributed by atoms with Gasteiger partial charge in [-0.15, -0.1) is 0 Å². The molecule has 1 rings (SSSR count). The highest BCUT2D eigenvalue weighted by molar-refractivity contribution is 6.02. The van der Waals surface area contributed by atoms with E-state index in [1.807, 2.05) is 6.92 Å². The van der Waals surface area contributed by atoms with Crippen molar-refractivity contribution in [2.45, 2.75) is 38.6 Å². The van der Waals surface area contributed by atoms with Crippen molar-refractivity contribution in [2.24, 2.45) is 5.92 Å². The fraction of sp³-hybridized carbons (Fsp3) is 0.583. The molecule has 1 saturated carbocycles. The third-order valence-corrected chi connectivity index (χ3v) is 2.76. The number of carbonyl (C=O) groups excluding carboxylic acids is 2. The number of hydrogen-bond acceptors (Lipinski definition) is 3. The van der Waals surface area contributed by atoms with E-state index in [4.69, 9.17) is 5.11 Å². The number of rotatable bonds is 6. The van der Waals surface area contributed by atoms with E-state index in [1.54, 1.807) is 0 Å². The second kappa shape index (κ2) is 6.78. The lowest BCUT2D eigenvalue weighted by Gasteiger charge is -2.16. The highest BCUT2D eigenvalue weighted by Crippen LogP contribution is 2.33. The molecule has 1 atom stereocenters. The second-order valence-corrected chi connectivity index (χ2v) is 4.42. The summed E-state index contributed by atoms with van der Waals surface area (Å²) in [7, 11) is 0. The van der Waals surface area contributed by atoms with Gasteiger partial charge in [-0.25, -0.2) is 9.59 Å². The number of imide groups is 1. The molecule has 0 aromatic carbocycles. The van der Waals surface area contributed by atoms with Gasteiger partial charge in [0.15, 0.2) is 0 Å². The Morgan fingerprint density at radius 3 is 2.50 bits per heavy atom. The lowest BCUT2D eigenvalue weighted by Crippen LogP contribution is -2.44. The van der Waals surface area contributed by atoms with Gasteiger partial charge in [0, 0.05) is 18.2 Å². The first-order chi connectivity index (χ1) is 8.51. The predicted octanol–water partition coefficient (Wildman–Crippen LogP) is 1.03. The van der Waals surface area contributed by atoms with E-state index in [2.05, 4.69) is 10.6 Å². The van der Waals surface area contributed by atoms with E-state index >= 15 is 0 Å². The summed E-state index contributed by atoms with van der Waals surface area (Å²) in [6.45, 7) is 1.97. The summed E-state index contributed by atoms with van der Waals surface area (Å²) in [6, 6.07) is -0.517. The van der Waals surface area contributed by atoms with E-state index in [-0.39, 0.29) is 6.04 Å². The zero-order chi connectivity index (χ0) is 13.5. The zero-order valence-corrected chi connectivity index (χ0v) is 10.3. The number of carbonyl (C=O) groups is 3. The smallest absolute Gasteiger partial charge is 0.328 e. The van der Waals surface area contributed by atoms with E-state index in [0.717, 1.165) is 18.9 Å². The maximum absolute atomic E-state index is 11.4. The average Bonchev–Trinajstić information content (AvgIpc) is 3.09. The van der Waals surface area contributed by atoms with Gasteiger partial charge in [-0.05, 0) is 18.8 Å². The summed E-state index contributed by atoms with van der Waals surface area (Å²) >= 11 is 0. The van der Waals surface area contributed by atoms with Gasteiger partial charge in [-0.3, -0.25) is 10.1 Å². The maximum atomic E-state index is 11.4. The Morgan fingerprint density at radius 1 is 1.33 bits per heavy atom. The van der Waals surface area contributed by atoms with Crippen LogP contribution in [0.25, 0.3) is 0 Å². The maximum Gasteiger partial charge on any atom is 0.328 e. The fourth-order valence-corrected chi connectivity index (χ4v) is 1.61. The first-order valence-electron chi connectivity index (χ1n) is 6.03. The van der Waals surface area contributed by atoms with Crippen LogP contribution in [0.2, 0.25) is 0 Å². The first-order valence-corrected chi connectivity index (χ1v) is 6.03. The van der Waals surface area contributed by atoms with Gasteiger partial charge in [0.1, 0.15) is 0 Å². The molecule has 1 aliphatic carbocycles. The minimum absolute atomic E-state index is 0.0637. The van der Waals surface area contributed by atoms with Crippen LogP contribution in [0.5, 0.6) is 0 Å². The molecule has 0 aromatic rings. The summed E-state index contributed by atoms with van der Waals surface area (Å²) in [6.07, 6.45) is 5.65. The number of carboxylic acids is 1. The van der Waals surface area contributed by atoms with Crippen molar-refractivity contribution in [3.05, 3.63) is 12.2 Å². The number of urea groups is 1. The largest absolute Gasteiger partial charge is 0.478 e. The second-order valence-electron chi connectivity index (χ2n) is 4.42. The molecule has 0 aromatic heterocycles. The molecule has 0 bridgehead atoms. The molecule has 6 nitrogen and oxygen atoms in total. The molecule has 0 heterocycles. The predicted molar refractivity (Wildman–Crippen MR) is 64.9 cm³/mol. The van der Waals surface area contributed by atoms with E-state index in [0.29, 0.717) is 12.0 Å². The van der Waals surface area contributed by atoms with Crippen LogP contribution in [0.3, 0.4) is 0 Å². The first kappa shape index (κ1) is 14.2. The summed E-state index contributed by atoms with van der Waals surface area (Å²) in [4.78, 5) is 32.8. The normalized spacial score (nSPS) is 16.3. The van der Waals surface area contributed by atoms with Crippen molar-refractivity contribution in [3.63, 3.8) is 0 Å². The van der Waals surface area contributed by atoms with Crippen LogP contribution in [0, 0.1) is 5.92 Å². The van der Waals surface area contributed by atoms with Gasteiger partial charge in [-0.2, -0.15) is 0 Å². The van der Waals surface area contributed by atoms with E-state index < -0.39 is 17.9 Å². The molecule has 3 amide bonds. The third kappa shape index (κ3) is 6.03. The van der Waals surface area contributed by atoms with Crippen molar-refractivity contribution in [1.29, 1.82) is 0 Å². The molecular formula is C12H18N2O4. The third-order valence-electron chi connectivity index (χ3n) is 2.76. The molecule has 1 fully saturated rings. The quantitative estimate of drug-likeness (QED) is 0.617. The number of nitrogens with one attached hydrogen (secondary N) is 2. The average molecular weight is 254 g/mol. The van der Waals surface area contributed by atoms with Crippen LogP contribution in [0.1, 0.15) is 32.6 Å². The topological polar surface area (TPSA) is 95.5 Å². The van der Waals surface area contributed by atoms with Crippen LogP contribution < -0.4 is 10.6 Å². The van der Waals surface area contributed by atoms with Crippen LogP contribution >= 0.6 is 0 Å².